The van der Waals surface area contributed by atoms with Crippen LogP contribution in [0.1, 0.15) is 6.92 Å². The molecule has 2 rings (SSSR count). The Bertz CT molecular complexity index is 397. The number of para-hydroxylation sites is 1. The molecule has 0 amide bonds. The number of hydrogen-bond donors (Lipinski definition) is 2. The first-order chi connectivity index (χ1) is 6.59. The van der Waals surface area contributed by atoms with Crippen LogP contribution in [0.5, 0.6) is 0 Å². The quantitative estimate of drug-likeness (QED) is 0.671. The molecule has 0 unspecified atom stereocenters. The SMILES string of the molecule is CC(=O)O.Nc1cc2ccccc2o1. The summed E-state index contributed by atoms with van der Waals surface area (Å²) in [6.45, 7) is 1.08. The molecule has 1 heterocycles. The Balaban J connectivity index is 0.000000213. The van der Waals surface area contributed by atoms with Gasteiger partial charge in [0, 0.05) is 18.4 Å². The Morgan fingerprint density at radius 2 is 2.00 bits per heavy atom. The molecule has 0 fully saturated rings. The first kappa shape index (κ1) is 10.1. The third-order valence-corrected chi connectivity index (χ3v) is 1.44. The lowest BCUT2D eigenvalue weighted by Crippen LogP contribution is -1.78. The van der Waals surface area contributed by atoms with E-state index < -0.39 is 5.97 Å². The third kappa shape index (κ3) is 2.82. The maximum absolute atomic E-state index is 9.00. The van der Waals surface area contributed by atoms with Crippen LogP contribution in [0.2, 0.25) is 0 Å². The second kappa shape index (κ2) is 4.32. The van der Waals surface area contributed by atoms with Crippen molar-refractivity contribution in [2.45, 2.75) is 6.92 Å². The van der Waals surface area contributed by atoms with E-state index in [1.807, 2.05) is 30.3 Å². The fraction of sp³-hybridized carbons (Fsp3) is 0.100. The molecule has 0 bridgehead atoms. The minimum absolute atomic E-state index is 0.473. The highest BCUT2D eigenvalue weighted by Gasteiger charge is 1.96. The van der Waals surface area contributed by atoms with Crippen LogP contribution in [0.25, 0.3) is 11.0 Å². The zero-order valence-corrected chi connectivity index (χ0v) is 7.73. The number of nitrogens with two attached hydrogens (primary N) is 1. The summed E-state index contributed by atoms with van der Waals surface area (Å²) in [5.74, 6) is -0.360. The number of furan rings is 1. The number of nitrogen functional groups attached to an aromatic ring is 1. The predicted octanol–water partition coefficient (Wildman–Crippen LogP) is 2.11. The Kier molecular flexibility index (Phi) is 3.12. The molecule has 1 aromatic carbocycles. The van der Waals surface area contributed by atoms with E-state index in [4.69, 9.17) is 20.1 Å². The monoisotopic (exact) mass is 193 g/mol. The van der Waals surface area contributed by atoms with Crippen LogP contribution in [0, 0.1) is 0 Å². The summed E-state index contributed by atoms with van der Waals surface area (Å²) in [4.78, 5) is 9.00. The Hall–Kier alpha value is -1.97. The molecule has 0 radical (unpaired) electrons. The van der Waals surface area contributed by atoms with Crippen LogP contribution in [0.4, 0.5) is 5.88 Å². The Labute approximate surface area is 80.9 Å². The van der Waals surface area contributed by atoms with Crippen molar-refractivity contribution in [2.24, 2.45) is 0 Å². The van der Waals surface area contributed by atoms with Gasteiger partial charge in [-0.2, -0.15) is 0 Å². The van der Waals surface area contributed by atoms with Crippen molar-refractivity contribution in [1.29, 1.82) is 0 Å². The summed E-state index contributed by atoms with van der Waals surface area (Å²) in [6.07, 6.45) is 0. The molecule has 14 heavy (non-hydrogen) atoms. The fourth-order valence-electron chi connectivity index (χ4n) is 1.00. The van der Waals surface area contributed by atoms with Crippen LogP contribution >= 0.6 is 0 Å². The zero-order valence-electron chi connectivity index (χ0n) is 7.73. The van der Waals surface area contributed by atoms with Crippen molar-refractivity contribution in [1.82, 2.24) is 0 Å². The number of hydrogen-bond acceptors (Lipinski definition) is 3. The van der Waals surface area contributed by atoms with Gasteiger partial charge in [0.15, 0.2) is 5.88 Å². The van der Waals surface area contributed by atoms with E-state index in [0.717, 1.165) is 17.9 Å². The molecule has 3 N–H and O–H groups in total. The van der Waals surface area contributed by atoms with Gasteiger partial charge in [-0.15, -0.1) is 0 Å². The van der Waals surface area contributed by atoms with Crippen molar-refractivity contribution in [3.63, 3.8) is 0 Å². The molecule has 0 saturated heterocycles. The fourth-order valence-corrected chi connectivity index (χ4v) is 1.00. The van der Waals surface area contributed by atoms with Gasteiger partial charge in [-0.25, -0.2) is 0 Å². The molecular weight excluding hydrogens is 182 g/mol. The summed E-state index contributed by atoms with van der Waals surface area (Å²) in [6, 6.07) is 9.55. The van der Waals surface area contributed by atoms with Crippen LogP contribution < -0.4 is 5.73 Å². The molecule has 74 valence electrons. The molecule has 0 spiro atoms. The van der Waals surface area contributed by atoms with Gasteiger partial charge < -0.3 is 15.3 Å². The zero-order chi connectivity index (χ0) is 10.6. The molecule has 0 aliphatic rings. The lowest BCUT2D eigenvalue weighted by molar-refractivity contribution is -0.134. The standard InChI is InChI=1S/C8H7NO.C2H4O2/c9-8-5-6-3-1-2-4-7(6)10-8;1-2(3)4/h1-5H,9H2;1H3,(H,3,4). The Morgan fingerprint density at radius 1 is 1.43 bits per heavy atom. The topological polar surface area (TPSA) is 76.5 Å². The molecule has 2 aromatic rings. The highest BCUT2D eigenvalue weighted by atomic mass is 16.4. The molecule has 1 aromatic heterocycles. The molecular formula is C10H11NO3. The van der Waals surface area contributed by atoms with Crippen molar-refractivity contribution >= 4 is 22.8 Å². The normalized spacial score (nSPS) is 9.21. The molecule has 0 aliphatic heterocycles. The van der Waals surface area contributed by atoms with Gasteiger partial charge in [0.1, 0.15) is 5.58 Å². The van der Waals surface area contributed by atoms with E-state index in [2.05, 4.69) is 0 Å². The maximum Gasteiger partial charge on any atom is 0.300 e. The highest BCUT2D eigenvalue weighted by molar-refractivity contribution is 5.80. The van der Waals surface area contributed by atoms with Crippen molar-refractivity contribution in [3.05, 3.63) is 30.3 Å². The third-order valence-electron chi connectivity index (χ3n) is 1.44. The predicted molar refractivity (Wildman–Crippen MR) is 53.9 cm³/mol. The average Bonchev–Trinajstić information content (AvgIpc) is 2.42. The first-order valence-corrected chi connectivity index (χ1v) is 4.03. The van der Waals surface area contributed by atoms with Crippen LogP contribution in [-0.4, -0.2) is 11.1 Å². The summed E-state index contributed by atoms with van der Waals surface area (Å²) >= 11 is 0. The molecule has 0 aliphatic carbocycles. The smallest absolute Gasteiger partial charge is 0.300 e. The van der Waals surface area contributed by atoms with Gasteiger partial charge >= 0.3 is 0 Å². The maximum atomic E-state index is 9.00. The highest BCUT2D eigenvalue weighted by Crippen LogP contribution is 2.19. The summed E-state index contributed by atoms with van der Waals surface area (Å²) < 4.78 is 5.15. The molecule has 0 saturated carbocycles. The van der Waals surface area contributed by atoms with Crippen molar-refractivity contribution in [2.75, 3.05) is 5.73 Å². The van der Waals surface area contributed by atoms with Gasteiger partial charge in [-0.05, 0) is 6.07 Å². The van der Waals surface area contributed by atoms with E-state index in [9.17, 15) is 0 Å². The van der Waals surface area contributed by atoms with Crippen molar-refractivity contribution < 1.29 is 14.3 Å². The number of anilines is 1. The van der Waals surface area contributed by atoms with Gasteiger partial charge in [0.25, 0.3) is 5.97 Å². The molecule has 4 heteroatoms. The van der Waals surface area contributed by atoms with Crippen LogP contribution in [-0.2, 0) is 4.79 Å². The van der Waals surface area contributed by atoms with Crippen molar-refractivity contribution in [3.8, 4) is 0 Å². The van der Waals surface area contributed by atoms with E-state index in [1.165, 1.54) is 0 Å². The average molecular weight is 193 g/mol. The largest absolute Gasteiger partial charge is 0.481 e. The van der Waals surface area contributed by atoms with Gasteiger partial charge in [0.05, 0.1) is 0 Å². The number of aliphatic carboxylic acids is 1. The van der Waals surface area contributed by atoms with E-state index >= 15 is 0 Å². The number of carboxylic acids is 1. The van der Waals surface area contributed by atoms with Gasteiger partial charge in [-0.1, -0.05) is 18.2 Å². The minimum atomic E-state index is -0.833. The number of benzene rings is 1. The van der Waals surface area contributed by atoms with Crippen LogP contribution in [0.3, 0.4) is 0 Å². The second-order valence-corrected chi connectivity index (χ2v) is 2.71. The second-order valence-electron chi connectivity index (χ2n) is 2.71. The minimum Gasteiger partial charge on any atom is -0.481 e. The van der Waals surface area contributed by atoms with E-state index in [0.29, 0.717) is 5.88 Å². The number of fused-ring (bicyclic) bond motifs is 1. The summed E-state index contributed by atoms with van der Waals surface area (Å²) in [5, 5.41) is 8.47. The lowest BCUT2D eigenvalue weighted by atomic mass is 10.3. The number of carboxylic acid groups (broad SMARTS) is 1. The first-order valence-electron chi connectivity index (χ1n) is 4.03. The molecule has 0 atom stereocenters. The summed E-state index contributed by atoms with van der Waals surface area (Å²) in [7, 11) is 0. The van der Waals surface area contributed by atoms with Gasteiger partial charge in [0.2, 0.25) is 0 Å². The number of carbonyl (C=O) groups is 1. The lowest BCUT2D eigenvalue weighted by Gasteiger charge is -1.81. The van der Waals surface area contributed by atoms with Gasteiger partial charge in [-0.3, -0.25) is 4.79 Å². The number of rotatable bonds is 0. The summed E-state index contributed by atoms with van der Waals surface area (Å²) in [5.41, 5.74) is 6.27. The van der Waals surface area contributed by atoms with Crippen LogP contribution in [0.15, 0.2) is 34.7 Å². The van der Waals surface area contributed by atoms with E-state index in [-0.39, 0.29) is 0 Å². The van der Waals surface area contributed by atoms with E-state index in [1.54, 1.807) is 0 Å². The Morgan fingerprint density at radius 3 is 2.57 bits per heavy atom. The molecule has 4 nitrogen and oxygen atoms in total.